The van der Waals surface area contributed by atoms with Crippen molar-refractivity contribution in [3.05, 3.63) is 86.3 Å². The van der Waals surface area contributed by atoms with Gasteiger partial charge in [0.2, 0.25) is 15.9 Å². The number of carbonyl (C=O) groups excluding carboxylic acids is 1. The van der Waals surface area contributed by atoms with Crippen molar-refractivity contribution in [2.24, 2.45) is 0 Å². The van der Waals surface area contributed by atoms with Gasteiger partial charge in [-0.2, -0.15) is 4.31 Å². The zero-order valence-electron chi connectivity index (χ0n) is 18.9. The van der Waals surface area contributed by atoms with Crippen molar-refractivity contribution < 1.29 is 22.7 Å². The minimum atomic E-state index is -4.04. The molecule has 3 aromatic rings. The summed E-state index contributed by atoms with van der Waals surface area (Å²) in [6.45, 7) is -0.478. The molecule has 3 rings (SSSR count). The first-order valence-electron chi connectivity index (χ1n) is 10.3. The SMILES string of the molecule is COc1cccc(OC)c1CNC(=O)CN(Cc1ccc(Cl)cc1Cl)S(=O)(=O)c1ccc(Br)cc1. The monoisotopic (exact) mass is 600 g/mol. The first-order valence-corrected chi connectivity index (χ1v) is 13.3. The Balaban J connectivity index is 1.86. The van der Waals surface area contributed by atoms with E-state index in [1.807, 2.05) is 0 Å². The number of sulfonamides is 1. The molecule has 0 aromatic heterocycles. The Morgan fingerprint density at radius 1 is 1.00 bits per heavy atom. The van der Waals surface area contributed by atoms with Gasteiger partial charge in [-0.15, -0.1) is 0 Å². The van der Waals surface area contributed by atoms with Crippen molar-refractivity contribution in [3.8, 4) is 11.5 Å². The second kappa shape index (κ2) is 12.1. The summed E-state index contributed by atoms with van der Waals surface area (Å²) in [7, 11) is -1.00. The number of hydrogen-bond acceptors (Lipinski definition) is 5. The molecule has 35 heavy (non-hydrogen) atoms. The van der Waals surface area contributed by atoms with E-state index in [0.717, 1.165) is 8.78 Å². The highest BCUT2D eigenvalue weighted by Crippen LogP contribution is 2.28. The molecule has 0 aliphatic heterocycles. The topological polar surface area (TPSA) is 84.9 Å². The molecule has 1 amide bonds. The van der Waals surface area contributed by atoms with Crippen LogP contribution in [-0.4, -0.2) is 39.4 Å². The fourth-order valence-electron chi connectivity index (χ4n) is 3.33. The standard InChI is InChI=1S/C24H23BrCl2N2O5S/c1-33-22-4-3-5-23(34-2)20(22)13-28-24(30)15-29(14-16-6-9-18(26)12-21(16)27)35(31,32)19-10-7-17(25)8-11-19/h3-12H,13-15H2,1-2H3,(H,28,30). The molecule has 0 aliphatic carbocycles. The predicted octanol–water partition coefficient (Wildman–Crippen LogP) is 5.28. The highest BCUT2D eigenvalue weighted by atomic mass is 79.9. The highest BCUT2D eigenvalue weighted by molar-refractivity contribution is 9.10. The number of amides is 1. The van der Waals surface area contributed by atoms with Gasteiger partial charge in [0.25, 0.3) is 0 Å². The summed E-state index contributed by atoms with van der Waals surface area (Å²) in [5.74, 6) is 0.567. The maximum Gasteiger partial charge on any atom is 0.243 e. The number of ether oxygens (including phenoxy) is 2. The van der Waals surface area contributed by atoms with E-state index in [2.05, 4.69) is 21.2 Å². The summed E-state index contributed by atoms with van der Waals surface area (Å²) in [6, 6.07) is 16.2. The minimum Gasteiger partial charge on any atom is -0.496 e. The Morgan fingerprint density at radius 3 is 2.20 bits per heavy atom. The van der Waals surface area contributed by atoms with Gasteiger partial charge in [0.1, 0.15) is 11.5 Å². The van der Waals surface area contributed by atoms with Gasteiger partial charge in [-0.25, -0.2) is 8.42 Å². The molecule has 0 saturated carbocycles. The zero-order valence-corrected chi connectivity index (χ0v) is 22.8. The number of carbonyl (C=O) groups is 1. The van der Waals surface area contributed by atoms with Crippen LogP contribution in [0.1, 0.15) is 11.1 Å². The molecule has 7 nitrogen and oxygen atoms in total. The summed E-state index contributed by atoms with van der Waals surface area (Å²) >= 11 is 15.6. The van der Waals surface area contributed by atoms with Gasteiger partial charge >= 0.3 is 0 Å². The lowest BCUT2D eigenvalue weighted by Gasteiger charge is -2.23. The van der Waals surface area contributed by atoms with E-state index >= 15 is 0 Å². The number of methoxy groups -OCH3 is 2. The molecule has 0 radical (unpaired) electrons. The number of rotatable bonds is 10. The summed E-state index contributed by atoms with van der Waals surface area (Å²) in [4.78, 5) is 13.0. The van der Waals surface area contributed by atoms with Crippen LogP contribution in [0.15, 0.2) is 70.0 Å². The molecule has 186 valence electrons. The van der Waals surface area contributed by atoms with E-state index in [1.165, 1.54) is 32.4 Å². The third-order valence-corrected chi connectivity index (χ3v) is 8.05. The maximum atomic E-state index is 13.5. The highest BCUT2D eigenvalue weighted by Gasteiger charge is 2.28. The van der Waals surface area contributed by atoms with E-state index < -0.39 is 22.5 Å². The lowest BCUT2D eigenvalue weighted by atomic mass is 10.1. The lowest BCUT2D eigenvalue weighted by Crippen LogP contribution is -2.40. The van der Waals surface area contributed by atoms with Gasteiger partial charge in [-0.05, 0) is 54.1 Å². The number of benzene rings is 3. The molecule has 0 saturated heterocycles. The molecule has 1 N–H and O–H groups in total. The quantitative estimate of drug-likeness (QED) is 0.342. The molecular formula is C24H23BrCl2N2O5S. The van der Waals surface area contributed by atoms with E-state index in [1.54, 1.807) is 42.5 Å². The van der Waals surface area contributed by atoms with Crippen LogP contribution in [0.2, 0.25) is 10.0 Å². The molecule has 0 atom stereocenters. The van der Waals surface area contributed by atoms with Gasteiger partial charge in [0.15, 0.2) is 0 Å². The van der Waals surface area contributed by atoms with Crippen LogP contribution in [0.4, 0.5) is 0 Å². The maximum absolute atomic E-state index is 13.5. The fraction of sp³-hybridized carbons (Fsp3) is 0.208. The van der Waals surface area contributed by atoms with Crippen LogP contribution in [0.5, 0.6) is 11.5 Å². The first kappa shape index (κ1) is 27.3. The smallest absolute Gasteiger partial charge is 0.243 e. The summed E-state index contributed by atoms with van der Waals surface area (Å²) in [5.41, 5.74) is 1.14. The summed E-state index contributed by atoms with van der Waals surface area (Å²) < 4.78 is 39.4. The van der Waals surface area contributed by atoms with Crippen molar-refractivity contribution in [1.82, 2.24) is 9.62 Å². The van der Waals surface area contributed by atoms with Crippen molar-refractivity contribution in [3.63, 3.8) is 0 Å². The van der Waals surface area contributed by atoms with Crippen LogP contribution in [0.3, 0.4) is 0 Å². The van der Waals surface area contributed by atoms with Crippen LogP contribution >= 0.6 is 39.1 Å². The molecule has 0 fully saturated rings. The zero-order chi connectivity index (χ0) is 25.6. The van der Waals surface area contributed by atoms with Crippen molar-refractivity contribution >= 4 is 55.1 Å². The second-order valence-corrected chi connectivity index (χ2v) is 11.1. The van der Waals surface area contributed by atoms with Crippen molar-refractivity contribution in [2.75, 3.05) is 20.8 Å². The van der Waals surface area contributed by atoms with Gasteiger partial charge in [-0.1, -0.05) is 51.3 Å². The second-order valence-electron chi connectivity index (χ2n) is 7.38. The molecule has 0 spiro atoms. The molecule has 0 heterocycles. The van der Waals surface area contributed by atoms with Crippen molar-refractivity contribution in [2.45, 2.75) is 18.0 Å². The number of nitrogens with one attached hydrogen (secondary N) is 1. The first-order chi connectivity index (χ1) is 16.6. The van der Waals surface area contributed by atoms with E-state index in [-0.39, 0.29) is 18.0 Å². The third-order valence-electron chi connectivity index (χ3n) is 5.13. The van der Waals surface area contributed by atoms with Crippen molar-refractivity contribution in [1.29, 1.82) is 0 Å². The Kier molecular flexibility index (Phi) is 9.43. The van der Waals surface area contributed by atoms with Crippen LogP contribution in [0, 0.1) is 0 Å². The van der Waals surface area contributed by atoms with Crippen LogP contribution < -0.4 is 14.8 Å². The normalized spacial score (nSPS) is 11.4. The molecule has 3 aromatic carbocycles. The third kappa shape index (κ3) is 6.89. The molecule has 0 aliphatic rings. The van der Waals surface area contributed by atoms with Gasteiger partial charge in [-0.3, -0.25) is 4.79 Å². The predicted molar refractivity (Wildman–Crippen MR) is 140 cm³/mol. The summed E-state index contributed by atoms with van der Waals surface area (Å²) in [6.07, 6.45) is 0. The van der Waals surface area contributed by atoms with Gasteiger partial charge in [0.05, 0.1) is 37.8 Å². The van der Waals surface area contributed by atoms with E-state index in [0.29, 0.717) is 32.7 Å². The Hall–Kier alpha value is -2.30. The number of halogens is 3. The largest absolute Gasteiger partial charge is 0.496 e. The molecular weight excluding hydrogens is 579 g/mol. The van der Waals surface area contributed by atoms with Gasteiger partial charge < -0.3 is 14.8 Å². The summed E-state index contributed by atoms with van der Waals surface area (Å²) in [5, 5.41) is 3.47. The minimum absolute atomic E-state index is 0.0463. The molecule has 0 unspecified atom stereocenters. The van der Waals surface area contributed by atoms with Gasteiger partial charge in [0, 0.05) is 21.1 Å². The Morgan fingerprint density at radius 2 is 1.63 bits per heavy atom. The Bertz CT molecular complexity index is 1280. The molecule has 11 heteroatoms. The van der Waals surface area contributed by atoms with E-state index in [9.17, 15) is 13.2 Å². The molecule has 0 bridgehead atoms. The number of hydrogen-bond donors (Lipinski definition) is 1. The van der Waals surface area contributed by atoms with Crippen LogP contribution in [-0.2, 0) is 27.9 Å². The van der Waals surface area contributed by atoms with E-state index in [4.69, 9.17) is 32.7 Å². The van der Waals surface area contributed by atoms with Crippen LogP contribution in [0.25, 0.3) is 0 Å². The lowest BCUT2D eigenvalue weighted by molar-refractivity contribution is -0.121. The fourth-order valence-corrected chi connectivity index (χ4v) is 5.43. The average molecular weight is 602 g/mol. The average Bonchev–Trinajstić information content (AvgIpc) is 2.83. The number of nitrogens with zero attached hydrogens (tertiary/aromatic N) is 1. The Labute approximate surface area is 223 Å².